The first-order valence-corrected chi connectivity index (χ1v) is 4.65. The number of carbonyl (C=O) groups is 2. The van der Waals surface area contributed by atoms with Crippen molar-refractivity contribution >= 4 is 11.9 Å². The van der Waals surface area contributed by atoms with E-state index in [1.54, 1.807) is 13.8 Å². The molecule has 1 unspecified atom stereocenters. The summed E-state index contributed by atoms with van der Waals surface area (Å²) in [5.41, 5.74) is 5.43. The summed E-state index contributed by atoms with van der Waals surface area (Å²) in [6, 6.07) is 0. The van der Waals surface area contributed by atoms with Crippen LogP contribution in [-0.4, -0.2) is 18.0 Å². The van der Waals surface area contributed by atoms with Gasteiger partial charge in [-0.3, -0.25) is 9.59 Å². The summed E-state index contributed by atoms with van der Waals surface area (Å²) in [4.78, 5) is 21.7. The normalized spacial score (nSPS) is 13.5. The molecule has 0 bridgehead atoms. The molecule has 0 fully saturated rings. The van der Waals surface area contributed by atoms with Crippen LogP contribution in [0.15, 0.2) is 11.6 Å². The fourth-order valence-electron chi connectivity index (χ4n) is 0.939. The van der Waals surface area contributed by atoms with Crippen molar-refractivity contribution in [3.8, 4) is 0 Å². The Morgan fingerprint density at radius 3 is 2.50 bits per heavy atom. The van der Waals surface area contributed by atoms with Crippen LogP contribution in [0.4, 0.5) is 0 Å². The van der Waals surface area contributed by atoms with Crippen LogP contribution in [-0.2, 0) is 14.3 Å². The van der Waals surface area contributed by atoms with Gasteiger partial charge in [-0.05, 0) is 26.3 Å². The van der Waals surface area contributed by atoms with Gasteiger partial charge in [-0.2, -0.15) is 0 Å². The molecule has 0 heterocycles. The molecule has 0 saturated carbocycles. The number of ether oxygens (including phenoxy) is 1. The van der Waals surface area contributed by atoms with Gasteiger partial charge in [0.05, 0.1) is 0 Å². The fourth-order valence-corrected chi connectivity index (χ4v) is 0.939. The van der Waals surface area contributed by atoms with Crippen LogP contribution in [0.25, 0.3) is 0 Å². The number of nitrogens with two attached hydrogens (primary N) is 1. The van der Waals surface area contributed by atoms with Gasteiger partial charge in [-0.25, -0.2) is 0 Å². The monoisotopic (exact) mass is 199 g/mol. The number of hydrogen-bond acceptors (Lipinski definition) is 3. The van der Waals surface area contributed by atoms with Crippen LogP contribution >= 0.6 is 0 Å². The van der Waals surface area contributed by atoms with E-state index in [9.17, 15) is 9.59 Å². The van der Waals surface area contributed by atoms with E-state index >= 15 is 0 Å². The van der Waals surface area contributed by atoms with Crippen molar-refractivity contribution in [2.24, 2.45) is 5.73 Å². The van der Waals surface area contributed by atoms with Crippen molar-refractivity contribution in [3.05, 3.63) is 11.6 Å². The number of carbonyl (C=O) groups excluding carboxylic acids is 2. The number of primary amides is 1. The molecule has 0 radical (unpaired) electrons. The van der Waals surface area contributed by atoms with Crippen molar-refractivity contribution in [1.82, 2.24) is 0 Å². The van der Waals surface area contributed by atoms with Crippen LogP contribution < -0.4 is 5.73 Å². The molecule has 0 aliphatic carbocycles. The standard InChI is InChI=1S/C10H17NO3/c1-4-5-9(12)14-8(3)6-7(2)10(11)13/h6,8H,4-5H2,1-3H3,(H2,11,13). The van der Waals surface area contributed by atoms with E-state index in [0.29, 0.717) is 12.0 Å². The third-order valence-corrected chi connectivity index (χ3v) is 1.64. The van der Waals surface area contributed by atoms with Gasteiger partial charge in [0.2, 0.25) is 5.91 Å². The van der Waals surface area contributed by atoms with E-state index in [-0.39, 0.29) is 5.97 Å². The molecule has 2 N–H and O–H groups in total. The smallest absolute Gasteiger partial charge is 0.306 e. The van der Waals surface area contributed by atoms with Crippen LogP contribution in [0.1, 0.15) is 33.6 Å². The van der Waals surface area contributed by atoms with Crippen molar-refractivity contribution < 1.29 is 14.3 Å². The SMILES string of the molecule is CCCC(=O)OC(C)C=C(C)C(N)=O. The van der Waals surface area contributed by atoms with E-state index < -0.39 is 12.0 Å². The topological polar surface area (TPSA) is 69.4 Å². The summed E-state index contributed by atoms with van der Waals surface area (Å²) in [6.45, 7) is 5.18. The highest BCUT2D eigenvalue weighted by Crippen LogP contribution is 2.02. The molecule has 1 atom stereocenters. The molecular formula is C10H17NO3. The number of rotatable bonds is 5. The second-order valence-corrected chi connectivity index (χ2v) is 3.16. The van der Waals surface area contributed by atoms with E-state index in [1.165, 1.54) is 6.08 Å². The largest absolute Gasteiger partial charge is 0.458 e. The molecule has 80 valence electrons. The van der Waals surface area contributed by atoms with Gasteiger partial charge in [0.1, 0.15) is 6.10 Å². The van der Waals surface area contributed by atoms with Gasteiger partial charge >= 0.3 is 5.97 Å². The quantitative estimate of drug-likeness (QED) is 0.533. The molecule has 0 rings (SSSR count). The summed E-state index contributed by atoms with van der Waals surface area (Å²) in [5.74, 6) is -0.753. The lowest BCUT2D eigenvalue weighted by atomic mass is 10.2. The minimum atomic E-state index is -0.497. The first-order chi connectivity index (χ1) is 6.47. The molecule has 0 spiro atoms. The Labute approximate surface area is 84.1 Å². The molecule has 0 aromatic rings. The van der Waals surface area contributed by atoms with Crippen LogP contribution in [0.5, 0.6) is 0 Å². The molecule has 0 aromatic carbocycles. The average molecular weight is 199 g/mol. The molecule has 1 amide bonds. The Morgan fingerprint density at radius 2 is 2.07 bits per heavy atom. The predicted molar refractivity (Wildman–Crippen MR) is 53.4 cm³/mol. The van der Waals surface area contributed by atoms with E-state index in [1.807, 2.05) is 6.92 Å². The minimum absolute atomic E-state index is 0.256. The van der Waals surface area contributed by atoms with Crippen molar-refractivity contribution in [2.45, 2.75) is 39.7 Å². The maximum atomic E-state index is 11.0. The summed E-state index contributed by atoms with van der Waals surface area (Å²) < 4.78 is 4.99. The molecule has 0 aliphatic heterocycles. The van der Waals surface area contributed by atoms with Crippen molar-refractivity contribution in [3.63, 3.8) is 0 Å². The van der Waals surface area contributed by atoms with Crippen LogP contribution in [0.2, 0.25) is 0 Å². The highest BCUT2D eigenvalue weighted by atomic mass is 16.5. The van der Waals surface area contributed by atoms with Crippen molar-refractivity contribution in [2.75, 3.05) is 0 Å². The van der Waals surface area contributed by atoms with Crippen LogP contribution in [0, 0.1) is 0 Å². The Bertz CT molecular complexity index is 246. The summed E-state index contributed by atoms with van der Waals surface area (Å²) in [7, 11) is 0. The highest BCUT2D eigenvalue weighted by Gasteiger charge is 2.07. The molecule has 0 saturated heterocycles. The lowest BCUT2D eigenvalue weighted by Crippen LogP contribution is -2.17. The zero-order valence-electron chi connectivity index (χ0n) is 8.87. The van der Waals surface area contributed by atoms with Gasteiger partial charge < -0.3 is 10.5 Å². The average Bonchev–Trinajstić information content (AvgIpc) is 2.03. The van der Waals surface area contributed by atoms with E-state index in [0.717, 1.165) is 6.42 Å². The van der Waals surface area contributed by atoms with E-state index in [2.05, 4.69) is 0 Å². The van der Waals surface area contributed by atoms with Crippen LogP contribution in [0.3, 0.4) is 0 Å². The maximum absolute atomic E-state index is 11.0. The van der Waals surface area contributed by atoms with Gasteiger partial charge in [-0.15, -0.1) is 0 Å². The van der Waals surface area contributed by atoms with Crippen molar-refractivity contribution in [1.29, 1.82) is 0 Å². The molecule has 0 aromatic heterocycles. The molecule has 0 aliphatic rings. The fraction of sp³-hybridized carbons (Fsp3) is 0.600. The van der Waals surface area contributed by atoms with E-state index in [4.69, 9.17) is 10.5 Å². The van der Waals surface area contributed by atoms with Gasteiger partial charge in [-0.1, -0.05) is 6.92 Å². The van der Waals surface area contributed by atoms with Gasteiger partial charge in [0.15, 0.2) is 0 Å². The summed E-state index contributed by atoms with van der Waals surface area (Å²) in [5, 5.41) is 0. The third-order valence-electron chi connectivity index (χ3n) is 1.64. The summed E-state index contributed by atoms with van der Waals surface area (Å²) >= 11 is 0. The maximum Gasteiger partial charge on any atom is 0.306 e. The Kier molecular flexibility index (Phi) is 5.60. The number of amides is 1. The first kappa shape index (κ1) is 12.7. The second-order valence-electron chi connectivity index (χ2n) is 3.16. The molecular weight excluding hydrogens is 182 g/mol. The minimum Gasteiger partial charge on any atom is -0.458 e. The second kappa shape index (κ2) is 6.18. The molecule has 14 heavy (non-hydrogen) atoms. The highest BCUT2D eigenvalue weighted by molar-refractivity contribution is 5.91. The lowest BCUT2D eigenvalue weighted by Gasteiger charge is -2.09. The zero-order valence-corrected chi connectivity index (χ0v) is 8.87. The Balaban J connectivity index is 4.09. The Morgan fingerprint density at radius 1 is 1.50 bits per heavy atom. The predicted octanol–water partition coefficient (Wildman–Crippen LogP) is 1.15. The van der Waals surface area contributed by atoms with Gasteiger partial charge in [0, 0.05) is 12.0 Å². The summed E-state index contributed by atoms with van der Waals surface area (Å²) in [6.07, 6.45) is 2.29. The third kappa shape index (κ3) is 5.35. The first-order valence-electron chi connectivity index (χ1n) is 4.65. The number of esters is 1. The molecule has 4 heteroatoms. The Hall–Kier alpha value is -1.32. The van der Waals surface area contributed by atoms with Gasteiger partial charge in [0.25, 0.3) is 0 Å². The molecule has 4 nitrogen and oxygen atoms in total. The number of hydrogen-bond donors (Lipinski definition) is 1. The lowest BCUT2D eigenvalue weighted by molar-refractivity contribution is -0.146. The zero-order chi connectivity index (χ0) is 11.1.